The van der Waals surface area contributed by atoms with E-state index in [2.05, 4.69) is 53.1 Å². The van der Waals surface area contributed by atoms with E-state index in [0.717, 1.165) is 16.6 Å². The van der Waals surface area contributed by atoms with Crippen LogP contribution in [0.5, 0.6) is 0 Å². The molecule has 1 heterocycles. The number of nitrogens with one attached hydrogen (secondary N) is 1. The highest BCUT2D eigenvalue weighted by Gasteiger charge is 2.25. The molecule has 0 radical (unpaired) electrons. The quantitative estimate of drug-likeness (QED) is 0.876. The first-order valence-electron chi connectivity index (χ1n) is 5.52. The van der Waals surface area contributed by atoms with Gasteiger partial charge in [-0.2, -0.15) is 0 Å². The largest absolute Gasteiger partial charge is 0.329 e. The second kappa shape index (κ2) is 7.31. The molecule has 17 heavy (non-hydrogen) atoms. The molecule has 1 rings (SSSR count). The van der Waals surface area contributed by atoms with E-state index in [-0.39, 0.29) is 17.9 Å². The minimum Gasteiger partial charge on any atom is -0.329 e. The smallest absolute Gasteiger partial charge is 0.0410 e. The lowest BCUT2D eigenvalue weighted by molar-refractivity contribution is 0.267. The van der Waals surface area contributed by atoms with Crippen LogP contribution < -0.4 is 11.1 Å². The molecular weight excluding hydrogens is 302 g/mol. The zero-order valence-electron chi connectivity index (χ0n) is 10.5. The third kappa shape index (κ3) is 4.92. The highest BCUT2D eigenvalue weighted by molar-refractivity contribution is 9.10. The molecule has 0 spiro atoms. The van der Waals surface area contributed by atoms with Crippen LogP contribution in [-0.4, -0.2) is 17.1 Å². The highest BCUT2D eigenvalue weighted by atomic mass is 79.9. The molecule has 0 aromatic carbocycles. The van der Waals surface area contributed by atoms with Gasteiger partial charge in [-0.05, 0) is 40.4 Å². The molecule has 1 unspecified atom stereocenters. The zero-order chi connectivity index (χ0) is 12.2. The van der Waals surface area contributed by atoms with Gasteiger partial charge in [-0.25, -0.2) is 0 Å². The van der Waals surface area contributed by atoms with Crippen molar-refractivity contribution >= 4 is 28.3 Å². The fourth-order valence-electron chi connectivity index (χ4n) is 1.37. The molecule has 1 aromatic rings. The van der Waals surface area contributed by atoms with E-state index in [0.29, 0.717) is 12.5 Å². The Kier molecular flexibility index (Phi) is 7.24. The van der Waals surface area contributed by atoms with Gasteiger partial charge in [0.25, 0.3) is 0 Å². The number of pyridine rings is 1. The van der Waals surface area contributed by atoms with E-state index < -0.39 is 0 Å². The molecule has 1 atom stereocenters. The Balaban J connectivity index is 0.00000256. The maximum atomic E-state index is 5.81. The van der Waals surface area contributed by atoms with Gasteiger partial charge in [-0.3, -0.25) is 4.98 Å². The minimum atomic E-state index is -0.0255. The predicted octanol–water partition coefficient (Wildman–Crippen LogP) is 2.73. The fourth-order valence-corrected chi connectivity index (χ4v) is 1.78. The van der Waals surface area contributed by atoms with Crippen LogP contribution in [0, 0.1) is 5.92 Å². The number of hydrogen-bond acceptors (Lipinski definition) is 3. The van der Waals surface area contributed by atoms with Crippen LogP contribution in [0.2, 0.25) is 0 Å². The normalized spacial score (nSPS) is 14.2. The summed E-state index contributed by atoms with van der Waals surface area (Å²) in [4.78, 5) is 4.14. The van der Waals surface area contributed by atoms with Crippen LogP contribution in [0.15, 0.2) is 22.9 Å². The lowest BCUT2D eigenvalue weighted by atomic mass is 9.88. The standard InChI is InChI=1S/C12H20BrN3.ClH/c1-9(2)12(3,8-14)16-6-10-4-11(13)7-15-5-10;/h4-5,7,9,16H,6,8,14H2,1-3H3;1H. The van der Waals surface area contributed by atoms with Gasteiger partial charge in [0.2, 0.25) is 0 Å². The minimum absolute atomic E-state index is 0. The van der Waals surface area contributed by atoms with Crippen LogP contribution in [0.4, 0.5) is 0 Å². The molecule has 3 N–H and O–H groups in total. The fraction of sp³-hybridized carbons (Fsp3) is 0.583. The molecule has 1 aromatic heterocycles. The summed E-state index contributed by atoms with van der Waals surface area (Å²) < 4.78 is 1.01. The summed E-state index contributed by atoms with van der Waals surface area (Å²) in [6, 6.07) is 2.07. The number of rotatable bonds is 5. The number of aromatic nitrogens is 1. The molecule has 0 bridgehead atoms. The predicted molar refractivity (Wildman–Crippen MR) is 78.3 cm³/mol. The van der Waals surface area contributed by atoms with Crippen LogP contribution in [0.3, 0.4) is 0 Å². The van der Waals surface area contributed by atoms with Crippen LogP contribution in [-0.2, 0) is 6.54 Å². The highest BCUT2D eigenvalue weighted by Crippen LogP contribution is 2.16. The van der Waals surface area contributed by atoms with Gasteiger partial charge >= 0.3 is 0 Å². The second-order valence-corrected chi connectivity index (χ2v) is 5.56. The van der Waals surface area contributed by atoms with Crippen molar-refractivity contribution in [3.8, 4) is 0 Å². The van der Waals surface area contributed by atoms with Gasteiger partial charge in [0.15, 0.2) is 0 Å². The number of halogens is 2. The third-order valence-electron chi connectivity index (χ3n) is 3.16. The lowest BCUT2D eigenvalue weighted by Crippen LogP contribution is -2.52. The van der Waals surface area contributed by atoms with E-state index in [1.807, 2.05) is 6.20 Å². The van der Waals surface area contributed by atoms with Crippen LogP contribution in [0.25, 0.3) is 0 Å². The van der Waals surface area contributed by atoms with Crippen molar-refractivity contribution in [2.75, 3.05) is 6.54 Å². The lowest BCUT2D eigenvalue weighted by Gasteiger charge is -2.33. The maximum absolute atomic E-state index is 5.81. The van der Waals surface area contributed by atoms with Gasteiger partial charge in [-0.1, -0.05) is 13.8 Å². The second-order valence-electron chi connectivity index (χ2n) is 4.64. The Hall–Kier alpha value is -0.160. The first kappa shape index (κ1) is 16.8. The Morgan fingerprint density at radius 2 is 2.12 bits per heavy atom. The number of hydrogen-bond donors (Lipinski definition) is 2. The summed E-state index contributed by atoms with van der Waals surface area (Å²) in [5, 5.41) is 3.50. The number of nitrogens with two attached hydrogens (primary N) is 1. The zero-order valence-corrected chi connectivity index (χ0v) is 12.9. The van der Waals surface area contributed by atoms with Crippen LogP contribution >= 0.6 is 28.3 Å². The van der Waals surface area contributed by atoms with Crippen molar-refractivity contribution in [3.05, 3.63) is 28.5 Å². The average molecular weight is 323 g/mol. The Morgan fingerprint density at radius 1 is 1.47 bits per heavy atom. The van der Waals surface area contributed by atoms with Crippen molar-refractivity contribution in [1.29, 1.82) is 0 Å². The first-order chi connectivity index (χ1) is 7.48. The summed E-state index contributed by atoms with van der Waals surface area (Å²) in [5.41, 5.74) is 6.95. The molecule has 0 fully saturated rings. The van der Waals surface area contributed by atoms with E-state index in [1.54, 1.807) is 6.20 Å². The molecule has 5 heteroatoms. The van der Waals surface area contributed by atoms with E-state index >= 15 is 0 Å². The molecule has 3 nitrogen and oxygen atoms in total. The Morgan fingerprint density at radius 3 is 2.59 bits per heavy atom. The molecule has 0 saturated carbocycles. The molecule has 0 aliphatic heterocycles. The Bertz CT molecular complexity index is 346. The van der Waals surface area contributed by atoms with Gasteiger partial charge in [0.05, 0.1) is 0 Å². The van der Waals surface area contributed by atoms with E-state index in [4.69, 9.17) is 5.73 Å². The van der Waals surface area contributed by atoms with E-state index in [9.17, 15) is 0 Å². The summed E-state index contributed by atoms with van der Waals surface area (Å²) in [6.45, 7) is 7.94. The summed E-state index contributed by atoms with van der Waals surface area (Å²) in [7, 11) is 0. The molecule has 0 aliphatic carbocycles. The molecule has 0 saturated heterocycles. The van der Waals surface area contributed by atoms with Crippen molar-refractivity contribution in [2.45, 2.75) is 32.9 Å². The SMILES string of the molecule is CC(C)C(C)(CN)NCc1cncc(Br)c1.Cl. The van der Waals surface area contributed by atoms with Crippen molar-refractivity contribution in [3.63, 3.8) is 0 Å². The summed E-state index contributed by atoms with van der Waals surface area (Å²) >= 11 is 3.41. The van der Waals surface area contributed by atoms with Gasteiger partial charge in [0, 0.05) is 35.5 Å². The Labute approximate surface area is 118 Å². The molecule has 0 aliphatic rings. The van der Waals surface area contributed by atoms with Crippen LogP contribution in [0.1, 0.15) is 26.3 Å². The average Bonchev–Trinajstić information content (AvgIpc) is 2.26. The third-order valence-corrected chi connectivity index (χ3v) is 3.59. The topological polar surface area (TPSA) is 50.9 Å². The molecule has 98 valence electrons. The summed E-state index contributed by atoms with van der Waals surface area (Å²) in [6.07, 6.45) is 3.66. The van der Waals surface area contributed by atoms with Gasteiger partial charge < -0.3 is 11.1 Å². The monoisotopic (exact) mass is 321 g/mol. The number of nitrogens with zero attached hydrogens (tertiary/aromatic N) is 1. The molecular formula is C12H21BrClN3. The van der Waals surface area contributed by atoms with Crippen molar-refractivity contribution in [1.82, 2.24) is 10.3 Å². The molecule has 0 amide bonds. The first-order valence-corrected chi connectivity index (χ1v) is 6.32. The van der Waals surface area contributed by atoms with E-state index in [1.165, 1.54) is 0 Å². The maximum Gasteiger partial charge on any atom is 0.0410 e. The van der Waals surface area contributed by atoms with Crippen molar-refractivity contribution < 1.29 is 0 Å². The van der Waals surface area contributed by atoms with Gasteiger partial charge in [-0.15, -0.1) is 12.4 Å². The van der Waals surface area contributed by atoms with Crippen molar-refractivity contribution in [2.24, 2.45) is 11.7 Å². The van der Waals surface area contributed by atoms with Gasteiger partial charge in [0.1, 0.15) is 0 Å². The summed E-state index contributed by atoms with van der Waals surface area (Å²) in [5.74, 6) is 0.498.